The van der Waals surface area contributed by atoms with Crippen LogP contribution in [0.4, 0.5) is 27.5 Å². The number of fused-ring (bicyclic) bond motifs is 1. The van der Waals surface area contributed by atoms with E-state index < -0.39 is 6.09 Å². The molecule has 2 fully saturated rings. The first-order valence-corrected chi connectivity index (χ1v) is 12.9. The molecule has 0 bridgehead atoms. The summed E-state index contributed by atoms with van der Waals surface area (Å²) in [7, 11) is 0. The standard InChI is InChI=1S/C25H29N5O4S/c26-20-7-5-16(29-10-1-2-11-29)12-19(20)24(32)27-9-3-4-18-14-30(25(33)34-18)17-6-8-22-21(13-17)28-23(31)15-35-22/h5-8,12-13,18H,1-4,9-11,14-15,26H2,(H,27,32)(H,28,31)/t18-/m0/s1. The predicted molar refractivity (Wildman–Crippen MR) is 137 cm³/mol. The van der Waals surface area contributed by atoms with Crippen molar-refractivity contribution in [3.05, 3.63) is 42.0 Å². The molecule has 35 heavy (non-hydrogen) atoms. The lowest BCUT2D eigenvalue weighted by atomic mass is 10.1. The summed E-state index contributed by atoms with van der Waals surface area (Å²) in [6.45, 7) is 2.89. The Bertz CT molecular complexity index is 1150. The number of carbonyl (C=O) groups is 3. The van der Waals surface area contributed by atoms with Crippen LogP contribution in [0.1, 0.15) is 36.0 Å². The SMILES string of the molecule is Nc1ccc(N2CCCC2)cc1C(=O)NCCC[C@H]1CN(c2ccc3c(c2)NC(=O)CS3)C(=O)O1. The molecule has 0 radical (unpaired) electrons. The van der Waals surface area contributed by atoms with Gasteiger partial charge in [0.25, 0.3) is 5.91 Å². The summed E-state index contributed by atoms with van der Waals surface area (Å²) in [6.07, 6.45) is 2.96. The highest BCUT2D eigenvalue weighted by Crippen LogP contribution is 2.35. The van der Waals surface area contributed by atoms with Crippen molar-refractivity contribution in [2.24, 2.45) is 0 Å². The van der Waals surface area contributed by atoms with E-state index in [1.54, 1.807) is 11.0 Å². The Hall–Kier alpha value is -3.40. The molecule has 0 saturated carbocycles. The predicted octanol–water partition coefficient (Wildman–Crippen LogP) is 3.45. The maximum absolute atomic E-state index is 12.7. The largest absolute Gasteiger partial charge is 0.444 e. The molecule has 0 unspecified atom stereocenters. The number of nitrogens with zero attached hydrogens (tertiary/aromatic N) is 2. The van der Waals surface area contributed by atoms with E-state index in [2.05, 4.69) is 15.5 Å². The summed E-state index contributed by atoms with van der Waals surface area (Å²) < 4.78 is 5.53. The molecule has 2 saturated heterocycles. The number of rotatable bonds is 7. The molecule has 5 rings (SSSR count). The van der Waals surface area contributed by atoms with Crippen molar-refractivity contribution in [1.82, 2.24) is 5.32 Å². The molecule has 10 heteroatoms. The van der Waals surface area contributed by atoms with Crippen LogP contribution in [-0.4, -0.2) is 55.9 Å². The highest BCUT2D eigenvalue weighted by molar-refractivity contribution is 8.00. The first kappa shape index (κ1) is 23.3. The minimum Gasteiger partial charge on any atom is -0.444 e. The number of cyclic esters (lactones) is 1. The van der Waals surface area contributed by atoms with E-state index in [4.69, 9.17) is 10.5 Å². The van der Waals surface area contributed by atoms with E-state index >= 15 is 0 Å². The van der Waals surface area contributed by atoms with E-state index in [1.807, 2.05) is 30.3 Å². The normalized spacial score (nSPS) is 19.4. The van der Waals surface area contributed by atoms with Gasteiger partial charge < -0.3 is 26.0 Å². The Kier molecular flexibility index (Phi) is 6.72. The van der Waals surface area contributed by atoms with Crippen molar-refractivity contribution in [1.29, 1.82) is 0 Å². The average molecular weight is 496 g/mol. The van der Waals surface area contributed by atoms with Gasteiger partial charge in [-0.25, -0.2) is 4.79 Å². The lowest BCUT2D eigenvalue weighted by molar-refractivity contribution is -0.113. The van der Waals surface area contributed by atoms with Gasteiger partial charge in [0.15, 0.2) is 0 Å². The second-order valence-corrected chi connectivity index (χ2v) is 10.0. The second kappa shape index (κ2) is 10.1. The summed E-state index contributed by atoms with van der Waals surface area (Å²) in [6, 6.07) is 11.2. The zero-order chi connectivity index (χ0) is 24.4. The molecule has 2 aromatic rings. The van der Waals surface area contributed by atoms with Crippen LogP contribution < -0.4 is 26.2 Å². The van der Waals surface area contributed by atoms with E-state index in [0.29, 0.717) is 48.6 Å². The van der Waals surface area contributed by atoms with Gasteiger partial charge in [0.1, 0.15) is 6.10 Å². The topological polar surface area (TPSA) is 117 Å². The molecule has 2 aromatic carbocycles. The van der Waals surface area contributed by atoms with Gasteiger partial charge in [-0.3, -0.25) is 14.5 Å². The Morgan fingerprint density at radius 2 is 1.94 bits per heavy atom. The summed E-state index contributed by atoms with van der Waals surface area (Å²) >= 11 is 1.48. The van der Waals surface area contributed by atoms with Gasteiger partial charge in [-0.2, -0.15) is 0 Å². The number of anilines is 4. The molecule has 3 amide bonds. The van der Waals surface area contributed by atoms with Gasteiger partial charge in [-0.15, -0.1) is 11.8 Å². The second-order valence-electron chi connectivity index (χ2n) is 9.00. The van der Waals surface area contributed by atoms with Crippen LogP contribution in [0.3, 0.4) is 0 Å². The third kappa shape index (κ3) is 5.17. The molecule has 9 nitrogen and oxygen atoms in total. The highest BCUT2D eigenvalue weighted by Gasteiger charge is 2.32. The number of ether oxygens (including phenoxy) is 1. The van der Waals surface area contributed by atoms with Crippen LogP contribution in [0.5, 0.6) is 0 Å². The number of benzene rings is 2. The Balaban J connectivity index is 1.12. The van der Waals surface area contributed by atoms with Crippen molar-refractivity contribution in [3.8, 4) is 0 Å². The van der Waals surface area contributed by atoms with Crippen LogP contribution >= 0.6 is 11.8 Å². The molecule has 3 aliphatic rings. The monoisotopic (exact) mass is 495 g/mol. The fourth-order valence-corrected chi connectivity index (χ4v) is 5.45. The molecular weight excluding hydrogens is 466 g/mol. The minimum absolute atomic E-state index is 0.0481. The van der Waals surface area contributed by atoms with E-state index in [-0.39, 0.29) is 17.9 Å². The Labute approximate surface area is 208 Å². The van der Waals surface area contributed by atoms with Gasteiger partial charge in [-0.05, 0) is 62.1 Å². The van der Waals surface area contributed by atoms with Crippen molar-refractivity contribution in [2.45, 2.75) is 36.7 Å². The molecular formula is C25H29N5O4S. The Morgan fingerprint density at radius 1 is 1.14 bits per heavy atom. The highest BCUT2D eigenvalue weighted by atomic mass is 32.2. The van der Waals surface area contributed by atoms with Crippen LogP contribution in [0.25, 0.3) is 0 Å². The van der Waals surface area contributed by atoms with Crippen LogP contribution in [-0.2, 0) is 9.53 Å². The lowest BCUT2D eigenvalue weighted by Crippen LogP contribution is -2.27. The molecule has 3 aliphatic heterocycles. The number of carbonyl (C=O) groups excluding carboxylic acids is 3. The summed E-state index contributed by atoms with van der Waals surface area (Å²) in [5.41, 5.74) is 9.46. The quantitative estimate of drug-likeness (QED) is 0.398. The van der Waals surface area contributed by atoms with Crippen LogP contribution in [0.15, 0.2) is 41.3 Å². The van der Waals surface area contributed by atoms with E-state index in [0.717, 1.165) is 42.2 Å². The van der Waals surface area contributed by atoms with E-state index in [1.165, 1.54) is 11.8 Å². The van der Waals surface area contributed by atoms with Gasteiger partial charge in [-0.1, -0.05) is 0 Å². The number of hydrogen-bond donors (Lipinski definition) is 3. The number of thioether (sulfide) groups is 1. The zero-order valence-corrected chi connectivity index (χ0v) is 20.2. The lowest BCUT2D eigenvalue weighted by Gasteiger charge is -2.20. The first-order valence-electron chi connectivity index (χ1n) is 12.0. The van der Waals surface area contributed by atoms with Gasteiger partial charge in [0, 0.05) is 41.6 Å². The molecule has 184 valence electrons. The fraction of sp³-hybridized carbons (Fsp3) is 0.400. The number of nitrogen functional groups attached to an aromatic ring is 1. The third-order valence-electron chi connectivity index (χ3n) is 6.52. The van der Waals surface area contributed by atoms with Crippen molar-refractivity contribution < 1.29 is 19.1 Å². The molecule has 4 N–H and O–H groups in total. The molecule has 0 spiro atoms. The maximum atomic E-state index is 12.7. The molecule has 1 atom stereocenters. The number of nitrogens with two attached hydrogens (primary N) is 1. The number of amides is 3. The maximum Gasteiger partial charge on any atom is 0.414 e. The molecule has 3 heterocycles. The third-order valence-corrected chi connectivity index (χ3v) is 7.60. The summed E-state index contributed by atoms with van der Waals surface area (Å²) in [5.74, 6) is 0.156. The van der Waals surface area contributed by atoms with Crippen LogP contribution in [0, 0.1) is 0 Å². The molecule has 0 aliphatic carbocycles. The number of hydrogen-bond acceptors (Lipinski definition) is 7. The zero-order valence-electron chi connectivity index (χ0n) is 19.4. The Morgan fingerprint density at radius 3 is 2.77 bits per heavy atom. The van der Waals surface area contributed by atoms with Crippen LogP contribution in [0.2, 0.25) is 0 Å². The summed E-state index contributed by atoms with van der Waals surface area (Å²) in [5, 5.41) is 5.79. The van der Waals surface area contributed by atoms with Gasteiger partial charge in [0.05, 0.1) is 23.5 Å². The van der Waals surface area contributed by atoms with Crippen molar-refractivity contribution in [2.75, 3.05) is 52.8 Å². The van der Waals surface area contributed by atoms with Gasteiger partial charge >= 0.3 is 6.09 Å². The smallest absolute Gasteiger partial charge is 0.414 e. The minimum atomic E-state index is -0.403. The number of nitrogens with one attached hydrogen (secondary N) is 2. The summed E-state index contributed by atoms with van der Waals surface area (Å²) in [4.78, 5) is 41.7. The van der Waals surface area contributed by atoms with E-state index in [9.17, 15) is 14.4 Å². The fourth-order valence-electron chi connectivity index (χ4n) is 4.66. The van der Waals surface area contributed by atoms with Crippen molar-refractivity contribution in [3.63, 3.8) is 0 Å². The average Bonchev–Trinajstić information content (AvgIpc) is 3.51. The first-order chi connectivity index (χ1) is 17.0. The van der Waals surface area contributed by atoms with Crippen molar-refractivity contribution >= 4 is 52.4 Å². The van der Waals surface area contributed by atoms with Gasteiger partial charge in [0.2, 0.25) is 5.91 Å². The molecule has 0 aromatic heterocycles.